The zero-order valence-corrected chi connectivity index (χ0v) is 11.7. The first-order valence-electron chi connectivity index (χ1n) is 6.85. The fourth-order valence-electron chi connectivity index (χ4n) is 1.73. The molecule has 1 heterocycles. The van der Waals surface area contributed by atoms with Crippen LogP contribution in [0.5, 0.6) is 11.5 Å². The maximum atomic E-state index is 5.66. The van der Waals surface area contributed by atoms with E-state index < -0.39 is 0 Å². The number of aromatic nitrogens is 1. The van der Waals surface area contributed by atoms with E-state index in [1.54, 1.807) is 6.20 Å². The van der Waals surface area contributed by atoms with E-state index in [2.05, 4.69) is 17.2 Å². The summed E-state index contributed by atoms with van der Waals surface area (Å²) in [5.74, 6) is 1.68. The summed E-state index contributed by atoms with van der Waals surface area (Å²) >= 11 is 0. The number of rotatable bonds is 8. The van der Waals surface area contributed by atoms with Crippen molar-refractivity contribution < 1.29 is 9.47 Å². The van der Waals surface area contributed by atoms with Gasteiger partial charge in [0.05, 0.1) is 5.69 Å². The zero-order chi connectivity index (χ0) is 14.0. The molecule has 0 bridgehead atoms. The minimum Gasteiger partial charge on any atom is -0.490 e. The maximum Gasteiger partial charge on any atom is 0.122 e. The Morgan fingerprint density at radius 2 is 1.75 bits per heavy atom. The van der Waals surface area contributed by atoms with E-state index in [9.17, 15) is 0 Å². The summed E-state index contributed by atoms with van der Waals surface area (Å²) in [6, 6.07) is 13.5. The van der Waals surface area contributed by atoms with Crippen LogP contribution in [0.2, 0.25) is 0 Å². The van der Waals surface area contributed by atoms with Crippen molar-refractivity contribution in [1.29, 1.82) is 0 Å². The van der Waals surface area contributed by atoms with Crippen molar-refractivity contribution in [3.05, 3.63) is 54.4 Å². The Morgan fingerprint density at radius 1 is 1.00 bits per heavy atom. The number of benzene rings is 1. The predicted octanol–water partition coefficient (Wildman–Crippen LogP) is 2.65. The van der Waals surface area contributed by atoms with Crippen LogP contribution in [0.15, 0.2) is 48.7 Å². The molecule has 2 rings (SSSR count). The standard InChI is InChI=1S/C16H20N2O2/c1-2-17-13-14-12-16(8-9-18-14)20-11-10-19-15-6-4-3-5-7-15/h3-9,12,17H,2,10-11,13H2,1H3. The number of para-hydroxylation sites is 1. The summed E-state index contributed by atoms with van der Waals surface area (Å²) in [6.45, 7) is 4.79. The molecule has 1 aromatic heterocycles. The molecule has 2 aromatic rings. The molecule has 20 heavy (non-hydrogen) atoms. The number of hydrogen-bond acceptors (Lipinski definition) is 4. The van der Waals surface area contributed by atoms with Crippen LogP contribution in [0.3, 0.4) is 0 Å². The highest BCUT2D eigenvalue weighted by Crippen LogP contribution is 2.11. The van der Waals surface area contributed by atoms with Gasteiger partial charge in [-0.15, -0.1) is 0 Å². The van der Waals surface area contributed by atoms with Crippen molar-refractivity contribution in [2.45, 2.75) is 13.5 Å². The van der Waals surface area contributed by atoms with Gasteiger partial charge in [0.2, 0.25) is 0 Å². The van der Waals surface area contributed by atoms with Gasteiger partial charge in [0, 0.05) is 18.8 Å². The normalized spacial score (nSPS) is 10.2. The van der Waals surface area contributed by atoms with Crippen LogP contribution in [0.25, 0.3) is 0 Å². The fourth-order valence-corrected chi connectivity index (χ4v) is 1.73. The Kier molecular flexibility index (Phi) is 5.86. The van der Waals surface area contributed by atoms with Crippen LogP contribution in [0, 0.1) is 0 Å². The molecule has 0 atom stereocenters. The Hall–Kier alpha value is -2.07. The largest absolute Gasteiger partial charge is 0.490 e. The van der Waals surface area contributed by atoms with Crippen LogP contribution in [-0.2, 0) is 6.54 Å². The highest BCUT2D eigenvalue weighted by atomic mass is 16.5. The minimum atomic E-state index is 0.513. The average molecular weight is 272 g/mol. The highest BCUT2D eigenvalue weighted by molar-refractivity contribution is 5.23. The van der Waals surface area contributed by atoms with Gasteiger partial charge in [0.15, 0.2) is 0 Å². The molecule has 0 fully saturated rings. The van der Waals surface area contributed by atoms with Crippen LogP contribution >= 0.6 is 0 Å². The molecule has 1 N–H and O–H groups in total. The van der Waals surface area contributed by atoms with Gasteiger partial charge in [-0.2, -0.15) is 0 Å². The van der Waals surface area contributed by atoms with Crippen molar-refractivity contribution in [3.8, 4) is 11.5 Å². The van der Waals surface area contributed by atoms with E-state index in [0.717, 1.165) is 30.3 Å². The van der Waals surface area contributed by atoms with Gasteiger partial charge in [-0.1, -0.05) is 25.1 Å². The van der Waals surface area contributed by atoms with Gasteiger partial charge < -0.3 is 14.8 Å². The van der Waals surface area contributed by atoms with Crippen LogP contribution in [0.1, 0.15) is 12.6 Å². The van der Waals surface area contributed by atoms with E-state index in [1.165, 1.54) is 0 Å². The monoisotopic (exact) mass is 272 g/mol. The molecule has 0 aliphatic heterocycles. The quantitative estimate of drug-likeness (QED) is 0.750. The zero-order valence-electron chi connectivity index (χ0n) is 11.7. The molecule has 4 heteroatoms. The summed E-state index contributed by atoms with van der Waals surface area (Å²) < 4.78 is 11.2. The van der Waals surface area contributed by atoms with Gasteiger partial charge in [-0.3, -0.25) is 4.98 Å². The lowest BCUT2D eigenvalue weighted by molar-refractivity contribution is 0.217. The third-order valence-electron chi connectivity index (χ3n) is 2.71. The Balaban J connectivity index is 1.73. The lowest BCUT2D eigenvalue weighted by Crippen LogP contribution is -2.13. The topological polar surface area (TPSA) is 43.4 Å². The van der Waals surface area contributed by atoms with Crippen LogP contribution in [-0.4, -0.2) is 24.7 Å². The first-order chi connectivity index (χ1) is 9.88. The summed E-state index contributed by atoms with van der Waals surface area (Å²) in [5, 5.41) is 3.24. The maximum absolute atomic E-state index is 5.66. The van der Waals surface area contributed by atoms with E-state index in [1.807, 2.05) is 42.5 Å². The van der Waals surface area contributed by atoms with E-state index in [-0.39, 0.29) is 0 Å². The molecule has 0 saturated carbocycles. The summed E-state index contributed by atoms with van der Waals surface area (Å²) in [4.78, 5) is 4.28. The average Bonchev–Trinajstić information content (AvgIpc) is 2.51. The Bertz CT molecular complexity index is 503. The number of nitrogens with one attached hydrogen (secondary N) is 1. The minimum absolute atomic E-state index is 0.513. The molecule has 0 amide bonds. The predicted molar refractivity (Wildman–Crippen MR) is 79.0 cm³/mol. The number of hydrogen-bond donors (Lipinski definition) is 1. The van der Waals surface area contributed by atoms with Crippen molar-refractivity contribution >= 4 is 0 Å². The van der Waals surface area contributed by atoms with Gasteiger partial charge in [0.1, 0.15) is 24.7 Å². The first-order valence-corrected chi connectivity index (χ1v) is 6.85. The molecule has 0 spiro atoms. The van der Waals surface area contributed by atoms with E-state index >= 15 is 0 Å². The van der Waals surface area contributed by atoms with Gasteiger partial charge >= 0.3 is 0 Å². The van der Waals surface area contributed by atoms with Crippen molar-refractivity contribution in [1.82, 2.24) is 10.3 Å². The van der Waals surface area contributed by atoms with Crippen molar-refractivity contribution in [2.24, 2.45) is 0 Å². The van der Waals surface area contributed by atoms with Crippen LogP contribution < -0.4 is 14.8 Å². The summed E-state index contributed by atoms with van der Waals surface area (Å²) in [7, 11) is 0. The van der Waals surface area contributed by atoms with Crippen molar-refractivity contribution in [2.75, 3.05) is 19.8 Å². The van der Waals surface area contributed by atoms with Gasteiger partial charge in [0.25, 0.3) is 0 Å². The first kappa shape index (κ1) is 14.3. The van der Waals surface area contributed by atoms with Crippen molar-refractivity contribution in [3.63, 3.8) is 0 Å². The summed E-state index contributed by atoms with van der Waals surface area (Å²) in [5.41, 5.74) is 0.980. The second kappa shape index (κ2) is 8.17. The second-order valence-corrected chi connectivity index (χ2v) is 4.27. The molecule has 0 saturated heterocycles. The second-order valence-electron chi connectivity index (χ2n) is 4.27. The molecule has 106 valence electrons. The lowest BCUT2D eigenvalue weighted by atomic mass is 10.3. The highest BCUT2D eigenvalue weighted by Gasteiger charge is 1.98. The molecule has 1 aromatic carbocycles. The number of ether oxygens (including phenoxy) is 2. The molecule has 0 aliphatic rings. The van der Waals surface area contributed by atoms with E-state index in [4.69, 9.17) is 9.47 Å². The van der Waals surface area contributed by atoms with E-state index in [0.29, 0.717) is 13.2 Å². The van der Waals surface area contributed by atoms with Gasteiger partial charge in [-0.05, 0) is 24.7 Å². The smallest absolute Gasteiger partial charge is 0.122 e. The number of pyridine rings is 1. The molecule has 0 unspecified atom stereocenters. The third-order valence-corrected chi connectivity index (χ3v) is 2.71. The van der Waals surface area contributed by atoms with Crippen LogP contribution in [0.4, 0.5) is 0 Å². The lowest BCUT2D eigenvalue weighted by Gasteiger charge is -2.09. The Morgan fingerprint density at radius 3 is 2.50 bits per heavy atom. The molecule has 0 radical (unpaired) electrons. The molecule has 4 nitrogen and oxygen atoms in total. The summed E-state index contributed by atoms with van der Waals surface area (Å²) in [6.07, 6.45) is 1.76. The number of nitrogens with zero attached hydrogens (tertiary/aromatic N) is 1. The molecular weight excluding hydrogens is 252 g/mol. The Labute approximate surface area is 119 Å². The van der Waals surface area contributed by atoms with Gasteiger partial charge in [-0.25, -0.2) is 0 Å². The molecule has 0 aliphatic carbocycles. The SMILES string of the molecule is CCNCc1cc(OCCOc2ccccc2)ccn1. The third kappa shape index (κ3) is 4.90. The molecular formula is C16H20N2O2. The fraction of sp³-hybridized carbons (Fsp3) is 0.312.